The van der Waals surface area contributed by atoms with Crippen molar-refractivity contribution >= 4 is 15.9 Å². The molecule has 1 aromatic rings. The van der Waals surface area contributed by atoms with Crippen LogP contribution in [0.5, 0.6) is 0 Å². The monoisotopic (exact) mass is 271 g/mol. The third-order valence-electron chi connectivity index (χ3n) is 2.32. The standard InChI is InChI=1S/C12H18BrNO/c1-3-12(14-8-9(2)15)10-5-4-6-11(13)7-10/h4-7,9,12,14-15H,3,8H2,1-2H3/t9-,12+/m0/s1. The Morgan fingerprint density at radius 1 is 1.47 bits per heavy atom. The maximum absolute atomic E-state index is 9.23. The first-order chi connectivity index (χ1) is 7.13. The van der Waals surface area contributed by atoms with Gasteiger partial charge in [0.1, 0.15) is 0 Å². The number of rotatable bonds is 5. The molecule has 0 aliphatic heterocycles. The molecule has 0 aromatic heterocycles. The number of nitrogens with one attached hydrogen (secondary N) is 1. The minimum Gasteiger partial charge on any atom is -0.392 e. The van der Waals surface area contributed by atoms with Crippen molar-refractivity contribution in [2.24, 2.45) is 0 Å². The molecule has 0 radical (unpaired) electrons. The van der Waals surface area contributed by atoms with Crippen molar-refractivity contribution in [2.75, 3.05) is 6.54 Å². The molecule has 0 aliphatic rings. The second-order valence-electron chi connectivity index (χ2n) is 3.77. The van der Waals surface area contributed by atoms with E-state index >= 15 is 0 Å². The lowest BCUT2D eigenvalue weighted by molar-refractivity contribution is 0.185. The predicted octanol–water partition coefficient (Wildman–Crippen LogP) is 2.87. The molecule has 0 amide bonds. The van der Waals surface area contributed by atoms with Crippen LogP contribution in [0.15, 0.2) is 28.7 Å². The Kier molecular flexibility index (Phi) is 5.29. The van der Waals surface area contributed by atoms with E-state index in [2.05, 4.69) is 40.3 Å². The number of hydrogen-bond donors (Lipinski definition) is 2. The van der Waals surface area contributed by atoms with Crippen molar-refractivity contribution < 1.29 is 5.11 Å². The van der Waals surface area contributed by atoms with Gasteiger partial charge >= 0.3 is 0 Å². The number of aliphatic hydroxyl groups excluding tert-OH is 1. The van der Waals surface area contributed by atoms with Gasteiger partial charge in [-0.15, -0.1) is 0 Å². The lowest BCUT2D eigenvalue weighted by Crippen LogP contribution is -2.28. The van der Waals surface area contributed by atoms with E-state index in [0.717, 1.165) is 10.9 Å². The summed E-state index contributed by atoms with van der Waals surface area (Å²) in [6.45, 7) is 4.56. The largest absolute Gasteiger partial charge is 0.392 e. The quantitative estimate of drug-likeness (QED) is 0.863. The van der Waals surface area contributed by atoms with Gasteiger partial charge < -0.3 is 10.4 Å². The molecule has 0 fully saturated rings. The Morgan fingerprint density at radius 3 is 2.73 bits per heavy atom. The highest BCUT2D eigenvalue weighted by atomic mass is 79.9. The Morgan fingerprint density at radius 2 is 2.20 bits per heavy atom. The molecule has 3 heteroatoms. The van der Waals surface area contributed by atoms with E-state index in [-0.39, 0.29) is 6.10 Å². The van der Waals surface area contributed by atoms with E-state index < -0.39 is 0 Å². The Labute approximate surface area is 99.8 Å². The van der Waals surface area contributed by atoms with Crippen LogP contribution in [-0.2, 0) is 0 Å². The smallest absolute Gasteiger partial charge is 0.0636 e. The van der Waals surface area contributed by atoms with E-state index in [1.807, 2.05) is 12.1 Å². The molecule has 84 valence electrons. The van der Waals surface area contributed by atoms with Crippen LogP contribution in [0.1, 0.15) is 31.9 Å². The number of aliphatic hydroxyl groups is 1. The lowest BCUT2D eigenvalue weighted by Gasteiger charge is -2.18. The molecule has 0 heterocycles. The van der Waals surface area contributed by atoms with E-state index in [1.165, 1.54) is 5.56 Å². The molecule has 15 heavy (non-hydrogen) atoms. The second kappa shape index (κ2) is 6.26. The summed E-state index contributed by atoms with van der Waals surface area (Å²) >= 11 is 3.46. The summed E-state index contributed by atoms with van der Waals surface area (Å²) in [5.74, 6) is 0. The van der Waals surface area contributed by atoms with Crippen LogP contribution in [0.3, 0.4) is 0 Å². The summed E-state index contributed by atoms with van der Waals surface area (Å²) in [6, 6.07) is 8.59. The first-order valence-electron chi connectivity index (χ1n) is 5.30. The van der Waals surface area contributed by atoms with Crippen molar-refractivity contribution in [2.45, 2.75) is 32.4 Å². The fourth-order valence-electron chi connectivity index (χ4n) is 1.53. The molecule has 0 saturated heterocycles. The van der Waals surface area contributed by atoms with Gasteiger partial charge in [0.15, 0.2) is 0 Å². The number of hydrogen-bond acceptors (Lipinski definition) is 2. The van der Waals surface area contributed by atoms with Crippen LogP contribution < -0.4 is 5.32 Å². The summed E-state index contributed by atoms with van der Waals surface area (Å²) in [6.07, 6.45) is 0.717. The van der Waals surface area contributed by atoms with Crippen molar-refractivity contribution in [1.82, 2.24) is 5.32 Å². The fourth-order valence-corrected chi connectivity index (χ4v) is 1.95. The minimum absolute atomic E-state index is 0.300. The normalized spacial score (nSPS) is 14.9. The summed E-state index contributed by atoms with van der Waals surface area (Å²) in [7, 11) is 0. The summed E-state index contributed by atoms with van der Waals surface area (Å²) in [5.41, 5.74) is 1.26. The minimum atomic E-state index is -0.300. The van der Waals surface area contributed by atoms with Crippen LogP contribution in [0.25, 0.3) is 0 Å². The molecule has 2 N–H and O–H groups in total. The summed E-state index contributed by atoms with van der Waals surface area (Å²) < 4.78 is 1.09. The zero-order valence-electron chi connectivity index (χ0n) is 9.20. The Bertz CT molecular complexity index is 301. The van der Waals surface area contributed by atoms with Crippen molar-refractivity contribution in [3.8, 4) is 0 Å². The van der Waals surface area contributed by atoms with Gasteiger partial charge in [-0.25, -0.2) is 0 Å². The average molecular weight is 272 g/mol. The molecule has 0 unspecified atom stereocenters. The van der Waals surface area contributed by atoms with Crippen molar-refractivity contribution in [3.05, 3.63) is 34.3 Å². The zero-order chi connectivity index (χ0) is 11.3. The van der Waals surface area contributed by atoms with Gasteiger partial charge in [-0.1, -0.05) is 35.0 Å². The second-order valence-corrected chi connectivity index (χ2v) is 4.69. The molecule has 0 aliphatic carbocycles. The summed E-state index contributed by atoms with van der Waals surface area (Å²) in [5, 5.41) is 12.6. The third kappa shape index (κ3) is 4.33. The molecule has 0 saturated carbocycles. The number of benzene rings is 1. The van der Waals surface area contributed by atoms with Gasteiger partial charge in [0, 0.05) is 17.1 Å². The highest BCUT2D eigenvalue weighted by molar-refractivity contribution is 9.10. The first-order valence-corrected chi connectivity index (χ1v) is 6.09. The van der Waals surface area contributed by atoms with Crippen LogP contribution in [-0.4, -0.2) is 17.8 Å². The first kappa shape index (κ1) is 12.7. The van der Waals surface area contributed by atoms with Gasteiger partial charge in [0.2, 0.25) is 0 Å². The highest BCUT2D eigenvalue weighted by Gasteiger charge is 2.09. The zero-order valence-corrected chi connectivity index (χ0v) is 10.8. The van der Waals surface area contributed by atoms with E-state index in [9.17, 15) is 5.11 Å². The van der Waals surface area contributed by atoms with Crippen molar-refractivity contribution in [3.63, 3.8) is 0 Å². The van der Waals surface area contributed by atoms with Gasteiger partial charge in [0.25, 0.3) is 0 Å². The molecule has 2 nitrogen and oxygen atoms in total. The fraction of sp³-hybridized carbons (Fsp3) is 0.500. The van der Waals surface area contributed by atoms with Gasteiger partial charge in [-0.3, -0.25) is 0 Å². The lowest BCUT2D eigenvalue weighted by atomic mass is 10.0. The summed E-state index contributed by atoms with van der Waals surface area (Å²) in [4.78, 5) is 0. The Hall–Kier alpha value is -0.380. The number of halogens is 1. The maximum Gasteiger partial charge on any atom is 0.0636 e. The molecule has 0 spiro atoms. The van der Waals surface area contributed by atoms with Crippen LogP contribution in [0.2, 0.25) is 0 Å². The molecule has 0 bridgehead atoms. The van der Waals surface area contributed by atoms with Gasteiger partial charge in [-0.2, -0.15) is 0 Å². The van der Waals surface area contributed by atoms with Crippen LogP contribution >= 0.6 is 15.9 Å². The van der Waals surface area contributed by atoms with E-state index in [1.54, 1.807) is 6.92 Å². The van der Waals surface area contributed by atoms with Gasteiger partial charge in [0.05, 0.1) is 6.10 Å². The third-order valence-corrected chi connectivity index (χ3v) is 2.81. The van der Waals surface area contributed by atoms with Gasteiger partial charge in [-0.05, 0) is 31.0 Å². The molecule has 1 rings (SSSR count). The van der Waals surface area contributed by atoms with Crippen molar-refractivity contribution in [1.29, 1.82) is 0 Å². The molecule has 2 atom stereocenters. The average Bonchev–Trinajstić information content (AvgIpc) is 2.18. The predicted molar refractivity (Wildman–Crippen MR) is 66.9 cm³/mol. The maximum atomic E-state index is 9.23. The molecule has 1 aromatic carbocycles. The van der Waals surface area contributed by atoms with E-state index in [4.69, 9.17) is 0 Å². The van der Waals surface area contributed by atoms with Crippen LogP contribution in [0.4, 0.5) is 0 Å². The molecular weight excluding hydrogens is 254 g/mol. The highest BCUT2D eigenvalue weighted by Crippen LogP contribution is 2.20. The van der Waals surface area contributed by atoms with Crippen LogP contribution in [0, 0.1) is 0 Å². The molecular formula is C12H18BrNO. The SMILES string of the molecule is CC[C@@H](NC[C@H](C)O)c1cccc(Br)c1. The van der Waals surface area contributed by atoms with E-state index in [0.29, 0.717) is 12.6 Å². The topological polar surface area (TPSA) is 32.3 Å². The Balaban J connectivity index is 2.65.